The molecule has 0 bridgehead atoms. The van der Waals surface area contributed by atoms with Gasteiger partial charge in [0, 0.05) is 18.8 Å². The largest absolute Gasteiger partial charge is 0.550 e. The van der Waals surface area contributed by atoms with Crippen LogP contribution in [0.15, 0.2) is 12.7 Å². The van der Waals surface area contributed by atoms with Crippen molar-refractivity contribution in [2.45, 2.75) is 44.6 Å². The quantitative estimate of drug-likeness (QED) is 0.245. The van der Waals surface area contributed by atoms with Crippen molar-refractivity contribution in [3.05, 3.63) is 12.7 Å². The molecule has 5 heteroatoms. The van der Waals surface area contributed by atoms with Crippen LogP contribution in [0.5, 0.6) is 0 Å². The second-order valence-corrected chi connectivity index (χ2v) is 6.05. The van der Waals surface area contributed by atoms with E-state index in [1.54, 1.807) is 0 Å². The lowest BCUT2D eigenvalue weighted by atomic mass is 10.1. The number of carbonyl (C=O) groups is 2. The Morgan fingerprint density at radius 1 is 1.25 bits per heavy atom. The van der Waals surface area contributed by atoms with Crippen LogP contribution in [-0.4, -0.2) is 50.2 Å². The van der Waals surface area contributed by atoms with Crippen LogP contribution in [0.25, 0.3) is 0 Å². The van der Waals surface area contributed by atoms with Gasteiger partial charge in [0.2, 0.25) is 0 Å². The third-order valence-corrected chi connectivity index (χ3v) is 2.73. The summed E-state index contributed by atoms with van der Waals surface area (Å²) in [6, 6.07) is 0. The van der Waals surface area contributed by atoms with E-state index in [9.17, 15) is 14.7 Å². The number of aliphatic carboxylic acids is 1. The number of hydrogen-bond acceptors (Lipinski definition) is 4. The Kier molecular flexibility index (Phi) is 8.88. The van der Waals surface area contributed by atoms with Crippen LogP contribution < -0.4 is 5.11 Å². The Morgan fingerprint density at radius 2 is 1.90 bits per heavy atom. The Morgan fingerprint density at radius 3 is 2.40 bits per heavy atom. The average Bonchev–Trinajstić information content (AvgIpc) is 2.25. The summed E-state index contributed by atoms with van der Waals surface area (Å²) in [5.74, 6) is -1.52. The third-order valence-electron chi connectivity index (χ3n) is 2.73. The van der Waals surface area contributed by atoms with Gasteiger partial charge in [0.15, 0.2) is 6.10 Å². The molecule has 0 amide bonds. The zero-order chi connectivity index (χ0) is 15.6. The normalized spacial score (nSPS) is 12.8. The molecule has 0 aliphatic heterocycles. The van der Waals surface area contributed by atoms with Crippen molar-refractivity contribution in [3.63, 3.8) is 0 Å². The molecule has 0 rings (SSSR count). The fraction of sp³-hybridized carbons (Fsp3) is 0.733. The lowest BCUT2D eigenvalue weighted by molar-refractivity contribution is -0.873. The summed E-state index contributed by atoms with van der Waals surface area (Å²) in [7, 11) is 5.77. The second-order valence-electron chi connectivity index (χ2n) is 6.05. The molecule has 0 N–H and O–H groups in total. The van der Waals surface area contributed by atoms with Gasteiger partial charge in [-0.25, -0.2) is 0 Å². The van der Waals surface area contributed by atoms with E-state index in [4.69, 9.17) is 4.74 Å². The third kappa shape index (κ3) is 11.7. The molecule has 0 aliphatic rings. The van der Waals surface area contributed by atoms with Gasteiger partial charge in [-0.15, -0.1) is 6.58 Å². The van der Waals surface area contributed by atoms with E-state index in [-0.39, 0.29) is 12.4 Å². The molecule has 5 nitrogen and oxygen atoms in total. The first-order chi connectivity index (χ1) is 9.24. The average molecular weight is 285 g/mol. The summed E-state index contributed by atoms with van der Waals surface area (Å²) in [6.07, 6.45) is 4.98. The Hall–Kier alpha value is -1.36. The molecule has 0 aromatic rings. The van der Waals surface area contributed by atoms with E-state index >= 15 is 0 Å². The zero-order valence-corrected chi connectivity index (χ0v) is 12.9. The molecule has 0 fully saturated rings. The maximum Gasteiger partial charge on any atom is 0.306 e. The molecule has 20 heavy (non-hydrogen) atoms. The van der Waals surface area contributed by atoms with Gasteiger partial charge in [0.25, 0.3) is 0 Å². The minimum atomic E-state index is -1.19. The zero-order valence-electron chi connectivity index (χ0n) is 12.9. The Labute approximate surface area is 121 Å². The number of hydrogen-bond donors (Lipinski definition) is 0. The molecule has 0 saturated carbocycles. The lowest BCUT2D eigenvalue weighted by Crippen LogP contribution is -2.45. The molecule has 1 unspecified atom stereocenters. The van der Waals surface area contributed by atoms with Crippen molar-refractivity contribution in [1.82, 2.24) is 0 Å². The first-order valence-corrected chi connectivity index (χ1v) is 7.05. The van der Waals surface area contributed by atoms with Gasteiger partial charge in [-0.2, -0.15) is 0 Å². The van der Waals surface area contributed by atoms with E-state index in [0.717, 1.165) is 25.7 Å². The van der Waals surface area contributed by atoms with Crippen LogP contribution in [0, 0.1) is 0 Å². The van der Waals surface area contributed by atoms with E-state index in [1.165, 1.54) is 0 Å². The number of likely N-dealkylation sites (N-methyl/N-ethyl adjacent to an activating group) is 1. The van der Waals surface area contributed by atoms with Crippen molar-refractivity contribution in [2.24, 2.45) is 0 Å². The number of rotatable bonds is 11. The Bertz CT molecular complexity index is 320. The van der Waals surface area contributed by atoms with Crippen LogP contribution in [0.2, 0.25) is 0 Å². The monoisotopic (exact) mass is 285 g/mol. The highest BCUT2D eigenvalue weighted by molar-refractivity contribution is 5.70. The summed E-state index contributed by atoms with van der Waals surface area (Å²) >= 11 is 0. The lowest BCUT2D eigenvalue weighted by Gasteiger charge is -2.29. The molecule has 116 valence electrons. The number of esters is 1. The SMILES string of the molecule is C=CCCCCCC(=O)OC(CC(=O)[O-])C[N+](C)(C)C. The molecule has 1 atom stereocenters. The summed E-state index contributed by atoms with van der Waals surface area (Å²) in [6.45, 7) is 4.09. The van der Waals surface area contributed by atoms with Gasteiger partial charge in [0.1, 0.15) is 6.54 Å². The van der Waals surface area contributed by atoms with E-state index < -0.39 is 12.1 Å². The molecule has 0 radical (unpaired) electrons. The summed E-state index contributed by atoms with van der Waals surface area (Å²) < 4.78 is 5.78. The minimum absolute atomic E-state index is 0.252. The van der Waals surface area contributed by atoms with Crippen LogP contribution in [0.4, 0.5) is 0 Å². The first-order valence-electron chi connectivity index (χ1n) is 7.05. The number of carboxylic acids is 1. The first kappa shape index (κ1) is 18.6. The smallest absolute Gasteiger partial charge is 0.306 e. The molecule has 0 heterocycles. The van der Waals surface area contributed by atoms with Crippen molar-refractivity contribution >= 4 is 11.9 Å². The maximum absolute atomic E-state index is 11.7. The number of carboxylic acid groups (broad SMARTS) is 1. The van der Waals surface area contributed by atoms with Gasteiger partial charge >= 0.3 is 5.97 Å². The standard InChI is InChI=1S/C15H27NO4/c1-5-6-7-8-9-10-15(19)20-13(11-14(17)18)12-16(2,3)4/h5,13H,1,6-12H2,2-4H3. The summed E-state index contributed by atoms with van der Waals surface area (Å²) in [5, 5.41) is 10.7. The van der Waals surface area contributed by atoms with E-state index in [0.29, 0.717) is 17.4 Å². The molecular formula is C15H27NO4. The van der Waals surface area contributed by atoms with Crippen molar-refractivity contribution in [3.8, 4) is 0 Å². The highest BCUT2D eigenvalue weighted by Gasteiger charge is 2.22. The van der Waals surface area contributed by atoms with Crippen LogP contribution in [-0.2, 0) is 14.3 Å². The van der Waals surface area contributed by atoms with E-state index in [1.807, 2.05) is 27.2 Å². The molecule has 0 saturated heterocycles. The van der Waals surface area contributed by atoms with Crippen molar-refractivity contribution < 1.29 is 23.9 Å². The minimum Gasteiger partial charge on any atom is -0.550 e. The molecule has 0 spiro atoms. The summed E-state index contributed by atoms with van der Waals surface area (Å²) in [5.41, 5.74) is 0. The van der Waals surface area contributed by atoms with Gasteiger partial charge in [0.05, 0.1) is 21.1 Å². The fourth-order valence-electron chi connectivity index (χ4n) is 1.92. The van der Waals surface area contributed by atoms with Crippen molar-refractivity contribution in [1.29, 1.82) is 0 Å². The van der Waals surface area contributed by atoms with Crippen LogP contribution in [0.3, 0.4) is 0 Å². The molecule has 0 aliphatic carbocycles. The Balaban J connectivity index is 4.11. The number of nitrogens with zero attached hydrogens (tertiary/aromatic N) is 1. The van der Waals surface area contributed by atoms with Gasteiger partial charge in [-0.05, 0) is 19.3 Å². The number of ether oxygens (including phenoxy) is 1. The number of quaternary nitrogens is 1. The van der Waals surface area contributed by atoms with Gasteiger partial charge in [-0.1, -0.05) is 12.5 Å². The number of carbonyl (C=O) groups excluding carboxylic acids is 2. The summed E-state index contributed by atoms with van der Waals surface area (Å²) in [4.78, 5) is 22.4. The number of unbranched alkanes of at least 4 members (excludes halogenated alkanes) is 3. The van der Waals surface area contributed by atoms with E-state index in [2.05, 4.69) is 6.58 Å². The molecule has 0 aromatic heterocycles. The van der Waals surface area contributed by atoms with Crippen LogP contribution >= 0.6 is 0 Å². The van der Waals surface area contributed by atoms with Gasteiger partial charge < -0.3 is 19.1 Å². The molecule has 0 aromatic carbocycles. The highest BCUT2D eigenvalue weighted by atomic mass is 16.5. The van der Waals surface area contributed by atoms with Gasteiger partial charge in [-0.3, -0.25) is 4.79 Å². The maximum atomic E-state index is 11.7. The van der Waals surface area contributed by atoms with Crippen molar-refractivity contribution in [2.75, 3.05) is 27.7 Å². The topological polar surface area (TPSA) is 66.4 Å². The number of allylic oxidation sites excluding steroid dienone is 1. The van der Waals surface area contributed by atoms with Crippen LogP contribution in [0.1, 0.15) is 38.5 Å². The fourth-order valence-corrected chi connectivity index (χ4v) is 1.92. The highest BCUT2D eigenvalue weighted by Crippen LogP contribution is 2.09. The second kappa shape index (κ2) is 9.53. The predicted molar refractivity (Wildman–Crippen MR) is 75.7 cm³/mol. The molecular weight excluding hydrogens is 258 g/mol. The predicted octanol–water partition coefficient (Wildman–Crippen LogP) is 0.881.